The molecule has 0 N–H and O–H groups in total. The summed E-state index contributed by atoms with van der Waals surface area (Å²) in [5.74, 6) is 0. The minimum atomic E-state index is 0.444. The summed E-state index contributed by atoms with van der Waals surface area (Å²) in [5.41, 5.74) is 0. The van der Waals surface area contributed by atoms with Crippen molar-refractivity contribution in [2.24, 2.45) is 0 Å². The van der Waals surface area contributed by atoms with Crippen molar-refractivity contribution in [2.45, 2.75) is 25.1 Å². The van der Waals surface area contributed by atoms with Crippen molar-refractivity contribution in [3.05, 3.63) is 0 Å². The zero-order valence-corrected chi connectivity index (χ0v) is 4.07. The first-order valence-corrected chi connectivity index (χ1v) is 2.33. The Labute approximate surface area is 41.0 Å². The number of rotatable bonds is 1. The fraction of sp³-hybridized carbons (Fsp3) is 1.00. The van der Waals surface area contributed by atoms with E-state index in [1.165, 1.54) is 12.8 Å². The van der Waals surface area contributed by atoms with Crippen LogP contribution in [0.15, 0.2) is 0 Å². The Balaban J connectivity index is 2.28. The first-order valence-electron chi connectivity index (χ1n) is 2.33. The fourth-order valence-corrected chi connectivity index (χ4v) is 0.364. The van der Waals surface area contributed by atoms with E-state index in [0.717, 1.165) is 0 Å². The highest BCUT2D eigenvalue weighted by Crippen LogP contribution is 2.51. The van der Waals surface area contributed by atoms with Gasteiger partial charge in [0.25, 0.3) is 0 Å². The highest BCUT2D eigenvalue weighted by atomic mass is 14.3. The van der Waals surface area contributed by atoms with Gasteiger partial charge in [0.2, 0.25) is 0 Å². The van der Waals surface area contributed by atoms with E-state index in [2.05, 4.69) is 6.92 Å². The van der Waals surface area contributed by atoms with Crippen LogP contribution in [-0.2, 0) is 0 Å². The van der Waals surface area contributed by atoms with E-state index < -0.39 is 0 Å². The van der Waals surface area contributed by atoms with Gasteiger partial charge in [-0.15, -0.1) is 0 Å². The second-order valence-electron chi connectivity index (χ2n) is 2.32. The quantitative estimate of drug-likeness (QED) is 0.405. The Kier molecular flexibility index (Phi) is 0.751. The topological polar surface area (TPSA) is 0 Å². The molecule has 0 saturated heterocycles. The summed E-state index contributed by atoms with van der Waals surface area (Å²) < 4.78 is 0. The lowest BCUT2D eigenvalue weighted by molar-refractivity contribution is 1.01. The first-order chi connectivity index (χ1) is 2.77. The third-order valence-electron chi connectivity index (χ3n) is 1.44. The molecule has 1 fully saturated rings. The molecule has 3 radical (unpaired) electrons. The molecule has 0 aliphatic heterocycles. The zero-order chi connectivity index (χ0) is 4.62. The van der Waals surface area contributed by atoms with Gasteiger partial charge in [-0.3, -0.25) is 0 Å². The Morgan fingerprint density at radius 2 is 2.17 bits per heavy atom. The van der Waals surface area contributed by atoms with Crippen molar-refractivity contribution >= 4 is 14.9 Å². The smallest absolute Gasteiger partial charge is 0.0626 e. The van der Waals surface area contributed by atoms with E-state index in [4.69, 9.17) is 7.74 Å². The van der Waals surface area contributed by atoms with E-state index >= 15 is 0 Å². The van der Waals surface area contributed by atoms with Crippen molar-refractivity contribution in [1.29, 1.82) is 0 Å². The molecule has 2 heteroatoms. The summed E-state index contributed by atoms with van der Waals surface area (Å²) in [5, 5.41) is 0.444. The van der Waals surface area contributed by atoms with Crippen LogP contribution in [0.4, 0.5) is 0 Å². The van der Waals surface area contributed by atoms with Crippen molar-refractivity contribution in [1.82, 2.24) is 0 Å². The summed E-state index contributed by atoms with van der Waals surface area (Å²) >= 11 is 0. The predicted octanol–water partition coefficient (Wildman–Crippen LogP) is 0.746. The van der Waals surface area contributed by atoms with Gasteiger partial charge in [0.1, 0.15) is 0 Å². The molecule has 0 aromatic carbocycles. The molecular weight excluding hydrogens is 69.7 g/mol. The molecule has 0 spiro atoms. The SMILES string of the molecule is [B][B]C1(C)CC1. The predicted molar refractivity (Wildman–Crippen MR) is 29.1 cm³/mol. The Bertz CT molecular complexity index is 56.6. The molecule has 0 amide bonds. The number of hydrogen-bond donors (Lipinski definition) is 0. The normalized spacial score (nSPS) is 26.2. The summed E-state index contributed by atoms with van der Waals surface area (Å²) in [4.78, 5) is 0. The lowest BCUT2D eigenvalue weighted by atomic mass is 9.45. The largest absolute Gasteiger partial charge is 0.0697 e. The molecule has 6 heavy (non-hydrogen) atoms. The average Bonchev–Trinajstić information content (AvgIpc) is 2.22. The van der Waals surface area contributed by atoms with Crippen LogP contribution in [0.2, 0.25) is 5.31 Å². The van der Waals surface area contributed by atoms with Crippen molar-refractivity contribution in [3.63, 3.8) is 0 Å². The van der Waals surface area contributed by atoms with Gasteiger partial charge in [-0.2, -0.15) is 0 Å². The van der Waals surface area contributed by atoms with Gasteiger partial charge in [-0.1, -0.05) is 25.1 Å². The maximum Gasteiger partial charge on any atom is 0.0626 e. The molecule has 0 atom stereocenters. The van der Waals surface area contributed by atoms with Crippen LogP contribution in [0.1, 0.15) is 19.8 Å². The van der Waals surface area contributed by atoms with Crippen molar-refractivity contribution in [3.8, 4) is 0 Å². The van der Waals surface area contributed by atoms with Crippen LogP contribution in [0.25, 0.3) is 0 Å². The number of hydrogen-bond acceptors (Lipinski definition) is 0. The molecule has 0 bridgehead atoms. The molecule has 1 rings (SSSR count). The maximum absolute atomic E-state index is 5.24. The molecular formula is C4H7B2. The first kappa shape index (κ1) is 4.29. The molecule has 1 aliphatic rings. The maximum atomic E-state index is 5.24. The zero-order valence-electron chi connectivity index (χ0n) is 4.07. The minimum Gasteiger partial charge on any atom is -0.0697 e. The standard InChI is InChI=1S/C4H7B2/c1-4(6-5)2-3-4/h2-3H2,1H3. The Morgan fingerprint density at radius 3 is 2.17 bits per heavy atom. The third-order valence-corrected chi connectivity index (χ3v) is 1.44. The monoisotopic (exact) mass is 77.1 g/mol. The summed E-state index contributed by atoms with van der Waals surface area (Å²) in [7, 11) is 7.04. The highest BCUT2D eigenvalue weighted by Gasteiger charge is 2.33. The second kappa shape index (κ2) is 1.05. The molecule has 0 aromatic rings. The molecule has 0 unspecified atom stereocenters. The average molecular weight is 76.7 g/mol. The van der Waals surface area contributed by atoms with Crippen LogP contribution in [-0.4, -0.2) is 14.9 Å². The lowest BCUT2D eigenvalue weighted by Crippen LogP contribution is -1.96. The van der Waals surface area contributed by atoms with Crippen LogP contribution >= 0.6 is 0 Å². The molecule has 1 aliphatic carbocycles. The van der Waals surface area contributed by atoms with Crippen LogP contribution in [0.5, 0.6) is 0 Å². The molecule has 0 heterocycles. The van der Waals surface area contributed by atoms with Crippen molar-refractivity contribution < 1.29 is 0 Å². The fourth-order valence-electron chi connectivity index (χ4n) is 0.364. The Hall–Kier alpha value is 0.130. The van der Waals surface area contributed by atoms with Gasteiger partial charge in [0, 0.05) is 7.74 Å². The molecule has 29 valence electrons. The summed E-state index contributed by atoms with van der Waals surface area (Å²) in [6, 6.07) is 0. The lowest BCUT2D eigenvalue weighted by Gasteiger charge is -1.95. The summed E-state index contributed by atoms with van der Waals surface area (Å²) in [6.45, 7) is 2.17. The Morgan fingerprint density at radius 1 is 1.67 bits per heavy atom. The van der Waals surface area contributed by atoms with E-state index in [9.17, 15) is 0 Å². The van der Waals surface area contributed by atoms with Gasteiger partial charge in [0.15, 0.2) is 0 Å². The van der Waals surface area contributed by atoms with E-state index in [-0.39, 0.29) is 0 Å². The third kappa shape index (κ3) is 0.612. The van der Waals surface area contributed by atoms with Crippen LogP contribution in [0, 0.1) is 0 Å². The molecule has 0 nitrogen and oxygen atoms in total. The van der Waals surface area contributed by atoms with Gasteiger partial charge in [-0.25, -0.2) is 0 Å². The van der Waals surface area contributed by atoms with E-state index in [0.29, 0.717) is 5.31 Å². The minimum absolute atomic E-state index is 0.444. The van der Waals surface area contributed by atoms with Crippen molar-refractivity contribution in [2.75, 3.05) is 0 Å². The molecule has 1 saturated carbocycles. The summed E-state index contributed by atoms with van der Waals surface area (Å²) in [6.07, 6.45) is 2.59. The van der Waals surface area contributed by atoms with Gasteiger partial charge in [-0.05, 0) is 0 Å². The van der Waals surface area contributed by atoms with Gasteiger partial charge >= 0.3 is 0 Å². The van der Waals surface area contributed by atoms with Gasteiger partial charge < -0.3 is 0 Å². The van der Waals surface area contributed by atoms with E-state index in [1.807, 2.05) is 0 Å². The van der Waals surface area contributed by atoms with E-state index in [1.54, 1.807) is 7.17 Å². The van der Waals surface area contributed by atoms with Gasteiger partial charge in [0.05, 0.1) is 7.17 Å². The second-order valence-corrected chi connectivity index (χ2v) is 2.32. The highest BCUT2D eigenvalue weighted by molar-refractivity contribution is 6.91. The van der Waals surface area contributed by atoms with Crippen LogP contribution < -0.4 is 0 Å². The van der Waals surface area contributed by atoms with Crippen LogP contribution in [0.3, 0.4) is 0 Å². The molecule has 0 aromatic heterocycles.